The number of hydrogen-bond donors (Lipinski definition) is 2. The summed E-state index contributed by atoms with van der Waals surface area (Å²) in [4.78, 5) is 24.0. The number of benzene rings is 1. The standard InChI is InChI=1S/C12H15N3O4/c13-10-4-1-8(7-11(10)15(18)19)12(17)14(5-6-16)9-2-3-9/h1,4,7,9,16H,2-3,5-6,13H2. The lowest BCUT2D eigenvalue weighted by Gasteiger charge is -2.21. The summed E-state index contributed by atoms with van der Waals surface area (Å²) in [7, 11) is 0. The molecule has 0 saturated heterocycles. The number of amides is 1. The summed E-state index contributed by atoms with van der Waals surface area (Å²) in [6.07, 6.45) is 1.81. The number of nitro groups is 1. The Morgan fingerprint density at radius 1 is 1.53 bits per heavy atom. The predicted octanol–water partition coefficient (Wildman–Crippen LogP) is 0.774. The molecule has 0 radical (unpaired) electrons. The van der Waals surface area contributed by atoms with Crippen molar-refractivity contribution in [1.82, 2.24) is 4.90 Å². The van der Waals surface area contributed by atoms with Gasteiger partial charge in [0.1, 0.15) is 5.69 Å². The number of rotatable bonds is 5. The van der Waals surface area contributed by atoms with Crippen LogP contribution in [0.25, 0.3) is 0 Å². The van der Waals surface area contributed by atoms with Gasteiger partial charge in [0.15, 0.2) is 0 Å². The average molecular weight is 265 g/mol. The maximum absolute atomic E-state index is 12.3. The molecule has 0 spiro atoms. The number of anilines is 1. The maximum atomic E-state index is 12.3. The van der Waals surface area contributed by atoms with Gasteiger partial charge in [0, 0.05) is 24.2 Å². The molecule has 3 N–H and O–H groups in total. The smallest absolute Gasteiger partial charge is 0.292 e. The summed E-state index contributed by atoms with van der Waals surface area (Å²) >= 11 is 0. The van der Waals surface area contributed by atoms with E-state index in [4.69, 9.17) is 10.8 Å². The van der Waals surface area contributed by atoms with Crippen LogP contribution >= 0.6 is 0 Å². The number of carbonyl (C=O) groups is 1. The first-order chi connectivity index (χ1) is 9.04. The molecule has 7 heteroatoms. The lowest BCUT2D eigenvalue weighted by Crippen LogP contribution is -2.35. The number of nitrogen functional groups attached to an aromatic ring is 1. The summed E-state index contributed by atoms with van der Waals surface area (Å²) in [6.45, 7) is 0.112. The first-order valence-electron chi connectivity index (χ1n) is 6.00. The van der Waals surface area contributed by atoms with Crippen molar-refractivity contribution in [2.24, 2.45) is 0 Å². The van der Waals surface area contributed by atoms with Gasteiger partial charge in [0.2, 0.25) is 0 Å². The second-order valence-corrected chi connectivity index (χ2v) is 4.48. The van der Waals surface area contributed by atoms with Crippen molar-refractivity contribution < 1.29 is 14.8 Å². The highest BCUT2D eigenvalue weighted by molar-refractivity contribution is 5.96. The van der Waals surface area contributed by atoms with Gasteiger partial charge in [-0.1, -0.05) is 0 Å². The lowest BCUT2D eigenvalue weighted by atomic mass is 10.1. The van der Waals surface area contributed by atoms with Gasteiger partial charge in [-0.3, -0.25) is 14.9 Å². The molecule has 0 unspecified atom stereocenters. The van der Waals surface area contributed by atoms with Crippen LogP contribution in [0.5, 0.6) is 0 Å². The van der Waals surface area contributed by atoms with E-state index in [1.54, 1.807) is 4.90 Å². The third-order valence-electron chi connectivity index (χ3n) is 3.06. The molecular formula is C12H15N3O4. The van der Waals surface area contributed by atoms with Crippen molar-refractivity contribution in [3.8, 4) is 0 Å². The maximum Gasteiger partial charge on any atom is 0.292 e. The minimum Gasteiger partial charge on any atom is -0.395 e. The van der Waals surface area contributed by atoms with Crippen LogP contribution < -0.4 is 5.73 Å². The summed E-state index contributed by atoms with van der Waals surface area (Å²) < 4.78 is 0. The van der Waals surface area contributed by atoms with Gasteiger partial charge in [0.05, 0.1) is 11.5 Å². The molecule has 1 saturated carbocycles. The van der Waals surface area contributed by atoms with Gasteiger partial charge < -0.3 is 15.7 Å². The van der Waals surface area contributed by atoms with Crippen LogP contribution in [-0.2, 0) is 0 Å². The monoisotopic (exact) mass is 265 g/mol. The van der Waals surface area contributed by atoms with E-state index >= 15 is 0 Å². The topological polar surface area (TPSA) is 110 Å². The molecule has 1 amide bonds. The van der Waals surface area contributed by atoms with Crippen LogP contribution in [0, 0.1) is 10.1 Å². The van der Waals surface area contributed by atoms with E-state index in [0.717, 1.165) is 12.8 Å². The van der Waals surface area contributed by atoms with Crippen LogP contribution in [0.15, 0.2) is 18.2 Å². The lowest BCUT2D eigenvalue weighted by molar-refractivity contribution is -0.383. The average Bonchev–Trinajstić information content (AvgIpc) is 3.19. The number of aliphatic hydroxyl groups is 1. The van der Waals surface area contributed by atoms with Gasteiger partial charge in [0.25, 0.3) is 11.6 Å². The highest BCUT2D eigenvalue weighted by Gasteiger charge is 2.33. The molecule has 0 aliphatic heterocycles. The third-order valence-corrected chi connectivity index (χ3v) is 3.06. The van der Waals surface area contributed by atoms with Crippen molar-refractivity contribution in [3.63, 3.8) is 0 Å². The second-order valence-electron chi connectivity index (χ2n) is 4.48. The normalized spacial score (nSPS) is 14.2. The number of nitrogens with two attached hydrogens (primary N) is 1. The Labute approximate surface area is 109 Å². The molecule has 2 rings (SSSR count). The van der Waals surface area contributed by atoms with Gasteiger partial charge in [-0.15, -0.1) is 0 Å². The summed E-state index contributed by atoms with van der Waals surface area (Å²) in [5.41, 5.74) is 5.47. The zero-order valence-electron chi connectivity index (χ0n) is 10.3. The summed E-state index contributed by atoms with van der Waals surface area (Å²) in [6, 6.07) is 4.15. The first-order valence-corrected chi connectivity index (χ1v) is 6.00. The number of aliphatic hydroxyl groups excluding tert-OH is 1. The minimum absolute atomic E-state index is 0.0293. The Morgan fingerprint density at radius 2 is 2.21 bits per heavy atom. The van der Waals surface area contributed by atoms with Crippen LogP contribution in [0.1, 0.15) is 23.2 Å². The van der Waals surface area contributed by atoms with E-state index in [1.807, 2.05) is 0 Å². The molecule has 1 aliphatic carbocycles. The summed E-state index contributed by atoms with van der Waals surface area (Å²) in [5, 5.41) is 19.8. The Balaban J connectivity index is 2.27. The minimum atomic E-state index is -0.611. The van der Waals surface area contributed by atoms with E-state index in [0.29, 0.717) is 0 Å². The molecule has 1 aromatic rings. The van der Waals surface area contributed by atoms with Crippen LogP contribution in [0.4, 0.5) is 11.4 Å². The molecule has 0 atom stereocenters. The number of nitro benzene ring substituents is 1. The Kier molecular flexibility index (Phi) is 3.66. The fourth-order valence-corrected chi connectivity index (χ4v) is 1.94. The molecule has 7 nitrogen and oxygen atoms in total. The van der Waals surface area contributed by atoms with Crippen molar-refractivity contribution in [2.75, 3.05) is 18.9 Å². The molecule has 1 fully saturated rings. The molecule has 19 heavy (non-hydrogen) atoms. The van der Waals surface area contributed by atoms with Crippen LogP contribution in [-0.4, -0.2) is 40.0 Å². The SMILES string of the molecule is Nc1ccc(C(=O)N(CCO)C2CC2)cc1[N+](=O)[O-]. The van der Waals surface area contributed by atoms with Crippen molar-refractivity contribution in [2.45, 2.75) is 18.9 Å². The number of hydrogen-bond acceptors (Lipinski definition) is 5. The van der Waals surface area contributed by atoms with Gasteiger partial charge in [-0.2, -0.15) is 0 Å². The van der Waals surface area contributed by atoms with Crippen molar-refractivity contribution in [1.29, 1.82) is 0 Å². The zero-order valence-corrected chi connectivity index (χ0v) is 10.3. The third kappa shape index (κ3) is 2.82. The molecule has 0 heterocycles. The Morgan fingerprint density at radius 3 is 2.74 bits per heavy atom. The molecule has 1 aromatic carbocycles. The number of nitrogens with zero attached hydrogens (tertiary/aromatic N) is 2. The highest BCUT2D eigenvalue weighted by atomic mass is 16.6. The van der Waals surface area contributed by atoms with Crippen molar-refractivity contribution in [3.05, 3.63) is 33.9 Å². The predicted molar refractivity (Wildman–Crippen MR) is 68.7 cm³/mol. The Hall–Kier alpha value is -2.15. The number of carbonyl (C=O) groups excluding carboxylic acids is 1. The van der Waals surface area contributed by atoms with E-state index in [-0.39, 0.29) is 42.0 Å². The van der Waals surface area contributed by atoms with Crippen LogP contribution in [0.3, 0.4) is 0 Å². The van der Waals surface area contributed by atoms with E-state index in [2.05, 4.69) is 0 Å². The second kappa shape index (κ2) is 5.23. The van der Waals surface area contributed by atoms with Gasteiger partial charge in [-0.25, -0.2) is 0 Å². The Bertz CT molecular complexity index is 514. The molecule has 1 aliphatic rings. The highest BCUT2D eigenvalue weighted by Crippen LogP contribution is 2.29. The first kappa shape index (κ1) is 13.3. The fraction of sp³-hybridized carbons (Fsp3) is 0.417. The molecule has 0 aromatic heterocycles. The fourth-order valence-electron chi connectivity index (χ4n) is 1.94. The van der Waals surface area contributed by atoms with Crippen LogP contribution in [0.2, 0.25) is 0 Å². The van der Waals surface area contributed by atoms with Crippen molar-refractivity contribution >= 4 is 17.3 Å². The quantitative estimate of drug-likeness (QED) is 0.464. The molecular weight excluding hydrogens is 250 g/mol. The molecule has 0 bridgehead atoms. The summed E-state index contributed by atoms with van der Waals surface area (Å²) in [5.74, 6) is -0.306. The van der Waals surface area contributed by atoms with E-state index in [9.17, 15) is 14.9 Å². The van der Waals surface area contributed by atoms with Gasteiger partial charge in [-0.05, 0) is 25.0 Å². The zero-order chi connectivity index (χ0) is 14.0. The van der Waals surface area contributed by atoms with Gasteiger partial charge >= 0.3 is 0 Å². The van der Waals surface area contributed by atoms with E-state index < -0.39 is 4.92 Å². The largest absolute Gasteiger partial charge is 0.395 e. The molecule has 102 valence electrons. The van der Waals surface area contributed by atoms with E-state index in [1.165, 1.54) is 18.2 Å².